The molecule has 194 valence electrons. The number of carbonyl (C=O) groups excluding carboxylic acids is 1. The van der Waals surface area contributed by atoms with Crippen LogP contribution in [0.3, 0.4) is 0 Å². The summed E-state index contributed by atoms with van der Waals surface area (Å²) in [5, 5.41) is 20.8. The molecule has 0 radical (unpaired) electrons. The van der Waals surface area contributed by atoms with Gasteiger partial charge < -0.3 is 19.4 Å². The molecular weight excluding hydrogens is 456 g/mol. The highest BCUT2D eigenvalue weighted by Crippen LogP contribution is 2.43. The zero-order chi connectivity index (χ0) is 26.7. The summed E-state index contributed by atoms with van der Waals surface area (Å²) in [4.78, 5) is 13.2. The van der Waals surface area contributed by atoms with Crippen molar-refractivity contribution in [2.75, 3.05) is 0 Å². The van der Waals surface area contributed by atoms with E-state index in [4.69, 9.17) is 9.16 Å². The van der Waals surface area contributed by atoms with Gasteiger partial charge in [-0.15, -0.1) is 0 Å². The molecule has 0 aliphatic rings. The standard InChI is InChI=1S/C29H44O5Si/c1-17(2)35(18(3)4,19(5)6)34-23(10)13-24-14-25(30)15-27(31)28(24)29(32)33-16-26-21(8)11-20(7)12-22(26)9/h11-12,14-15,17-19,23,30-31H,13,16H2,1-10H3/t23-/m0/s1. The van der Waals surface area contributed by atoms with Crippen molar-refractivity contribution in [1.82, 2.24) is 0 Å². The van der Waals surface area contributed by atoms with Gasteiger partial charge in [-0.25, -0.2) is 4.79 Å². The summed E-state index contributed by atoms with van der Waals surface area (Å²) in [5.41, 5.74) is 6.13. The van der Waals surface area contributed by atoms with Crippen LogP contribution in [0.15, 0.2) is 24.3 Å². The first-order valence-corrected chi connectivity index (χ1v) is 14.8. The van der Waals surface area contributed by atoms with Crippen LogP contribution in [0.1, 0.15) is 86.6 Å². The van der Waals surface area contributed by atoms with E-state index in [0.29, 0.717) is 28.6 Å². The maximum atomic E-state index is 13.2. The van der Waals surface area contributed by atoms with E-state index >= 15 is 0 Å². The first kappa shape index (κ1) is 28.9. The number of rotatable bonds is 10. The molecule has 0 unspecified atom stereocenters. The molecule has 2 rings (SSSR count). The Kier molecular flexibility index (Phi) is 9.60. The van der Waals surface area contributed by atoms with Gasteiger partial charge in [0.25, 0.3) is 0 Å². The molecule has 0 saturated carbocycles. The Balaban J connectivity index is 2.32. The van der Waals surface area contributed by atoms with Crippen molar-refractivity contribution in [3.63, 3.8) is 0 Å². The zero-order valence-corrected chi connectivity index (χ0v) is 24.2. The van der Waals surface area contributed by atoms with Crippen molar-refractivity contribution >= 4 is 14.3 Å². The Morgan fingerprint density at radius 2 is 1.37 bits per heavy atom. The lowest BCUT2D eigenvalue weighted by Crippen LogP contribution is -2.50. The smallest absolute Gasteiger partial charge is 0.342 e. The quantitative estimate of drug-likeness (QED) is 0.261. The fraction of sp³-hybridized carbons (Fsp3) is 0.552. The number of esters is 1. The summed E-state index contributed by atoms with van der Waals surface area (Å²) in [6, 6.07) is 6.84. The molecule has 0 aromatic heterocycles. The summed E-state index contributed by atoms with van der Waals surface area (Å²) < 4.78 is 12.5. The lowest BCUT2D eigenvalue weighted by atomic mass is 9.99. The number of hydrogen-bond donors (Lipinski definition) is 2. The summed E-state index contributed by atoms with van der Waals surface area (Å²) in [5.74, 6) is -0.981. The molecule has 0 saturated heterocycles. The third-order valence-corrected chi connectivity index (χ3v) is 13.4. The summed E-state index contributed by atoms with van der Waals surface area (Å²) in [6.07, 6.45) is 0.193. The second-order valence-electron chi connectivity index (χ2n) is 10.9. The van der Waals surface area contributed by atoms with Crippen molar-refractivity contribution < 1.29 is 24.2 Å². The molecule has 35 heavy (non-hydrogen) atoms. The van der Waals surface area contributed by atoms with Crippen molar-refractivity contribution in [2.24, 2.45) is 0 Å². The SMILES string of the molecule is Cc1cc(C)c(COC(=O)c2c(O)cc(O)cc2C[C@H](C)O[Si](C(C)C)(C(C)C)C(C)C)c(C)c1. The van der Waals surface area contributed by atoms with Crippen LogP contribution in [0.5, 0.6) is 11.5 Å². The zero-order valence-electron chi connectivity index (χ0n) is 23.2. The number of benzene rings is 2. The Hall–Kier alpha value is -2.31. The lowest BCUT2D eigenvalue weighted by Gasteiger charge is -2.44. The molecule has 2 aromatic rings. The minimum Gasteiger partial charge on any atom is -0.508 e. The summed E-state index contributed by atoms with van der Waals surface area (Å²) in [6.45, 7) is 21.6. The highest BCUT2D eigenvalue weighted by molar-refractivity contribution is 6.77. The molecule has 0 spiro atoms. The van der Waals surface area contributed by atoms with E-state index < -0.39 is 14.3 Å². The predicted molar refractivity (Wildman–Crippen MR) is 145 cm³/mol. The van der Waals surface area contributed by atoms with Crippen LogP contribution in [0.4, 0.5) is 0 Å². The number of hydrogen-bond acceptors (Lipinski definition) is 5. The van der Waals surface area contributed by atoms with Crippen LogP contribution in [0.2, 0.25) is 16.6 Å². The Labute approximate surface area is 212 Å². The van der Waals surface area contributed by atoms with Gasteiger partial charge >= 0.3 is 5.97 Å². The second kappa shape index (κ2) is 11.6. The number of aromatic hydroxyl groups is 2. The number of carbonyl (C=O) groups is 1. The molecule has 2 aromatic carbocycles. The van der Waals surface area contributed by atoms with Crippen molar-refractivity contribution in [2.45, 2.75) is 105 Å². The normalized spacial score (nSPS) is 13.1. The minimum absolute atomic E-state index is 0.0894. The van der Waals surface area contributed by atoms with E-state index in [1.807, 2.05) is 27.7 Å². The molecule has 0 aliphatic heterocycles. The maximum absolute atomic E-state index is 13.2. The maximum Gasteiger partial charge on any atom is 0.342 e. The van der Waals surface area contributed by atoms with Gasteiger partial charge in [-0.2, -0.15) is 0 Å². The largest absolute Gasteiger partial charge is 0.508 e. The number of ether oxygens (including phenoxy) is 1. The van der Waals surface area contributed by atoms with Gasteiger partial charge in [0.2, 0.25) is 8.32 Å². The van der Waals surface area contributed by atoms with Gasteiger partial charge in [0.05, 0.1) is 0 Å². The monoisotopic (exact) mass is 500 g/mol. The van der Waals surface area contributed by atoms with E-state index in [1.165, 1.54) is 12.1 Å². The molecule has 5 nitrogen and oxygen atoms in total. The van der Waals surface area contributed by atoms with Crippen LogP contribution < -0.4 is 0 Å². The molecule has 0 amide bonds. The van der Waals surface area contributed by atoms with Crippen LogP contribution >= 0.6 is 0 Å². The van der Waals surface area contributed by atoms with E-state index in [0.717, 1.165) is 22.3 Å². The molecule has 0 aliphatic carbocycles. The third kappa shape index (κ3) is 6.47. The highest BCUT2D eigenvalue weighted by Gasteiger charge is 2.46. The molecule has 0 bridgehead atoms. The number of aryl methyl sites for hydroxylation is 3. The molecule has 0 fully saturated rings. The van der Waals surface area contributed by atoms with Crippen LogP contribution in [0.25, 0.3) is 0 Å². The van der Waals surface area contributed by atoms with Crippen molar-refractivity contribution in [1.29, 1.82) is 0 Å². The lowest BCUT2D eigenvalue weighted by molar-refractivity contribution is 0.0466. The van der Waals surface area contributed by atoms with Gasteiger partial charge in [0.15, 0.2) is 0 Å². The van der Waals surface area contributed by atoms with Crippen LogP contribution in [-0.4, -0.2) is 30.6 Å². The minimum atomic E-state index is -2.13. The van der Waals surface area contributed by atoms with Gasteiger partial charge in [-0.1, -0.05) is 59.2 Å². The van der Waals surface area contributed by atoms with Crippen LogP contribution in [0, 0.1) is 20.8 Å². The first-order chi connectivity index (χ1) is 16.2. The van der Waals surface area contributed by atoms with Gasteiger partial charge in [-0.3, -0.25) is 0 Å². The molecular formula is C29H44O5Si. The number of phenolic OH excluding ortho intramolecular Hbond substituents is 2. The van der Waals surface area contributed by atoms with E-state index in [2.05, 4.69) is 53.7 Å². The molecule has 1 atom stereocenters. The third-order valence-electron chi connectivity index (χ3n) is 7.20. The Bertz CT molecular complexity index is 997. The van der Waals surface area contributed by atoms with Crippen LogP contribution in [-0.2, 0) is 22.2 Å². The fourth-order valence-corrected chi connectivity index (χ4v) is 11.4. The van der Waals surface area contributed by atoms with E-state index in [1.54, 1.807) is 0 Å². The van der Waals surface area contributed by atoms with E-state index in [9.17, 15) is 15.0 Å². The number of phenols is 2. The van der Waals surface area contributed by atoms with Gasteiger partial charge in [0, 0.05) is 12.2 Å². The molecule has 6 heteroatoms. The fourth-order valence-electron chi connectivity index (χ4n) is 5.82. The van der Waals surface area contributed by atoms with Crippen molar-refractivity contribution in [3.8, 4) is 11.5 Å². The average molecular weight is 501 g/mol. The predicted octanol–water partition coefficient (Wildman–Crippen LogP) is 7.50. The second-order valence-corrected chi connectivity index (χ2v) is 16.3. The van der Waals surface area contributed by atoms with Gasteiger partial charge in [0.1, 0.15) is 23.7 Å². The molecule has 2 N–H and O–H groups in total. The van der Waals surface area contributed by atoms with Gasteiger partial charge in [-0.05, 0) is 79.1 Å². The average Bonchev–Trinajstić information content (AvgIpc) is 2.69. The summed E-state index contributed by atoms with van der Waals surface area (Å²) >= 11 is 0. The Morgan fingerprint density at radius 3 is 1.86 bits per heavy atom. The summed E-state index contributed by atoms with van der Waals surface area (Å²) in [7, 11) is -2.13. The van der Waals surface area contributed by atoms with E-state index in [-0.39, 0.29) is 29.8 Å². The highest BCUT2D eigenvalue weighted by atomic mass is 28.4. The first-order valence-electron chi connectivity index (χ1n) is 12.7. The molecule has 0 heterocycles. The van der Waals surface area contributed by atoms with Crippen molar-refractivity contribution in [3.05, 3.63) is 57.6 Å². The Morgan fingerprint density at radius 1 is 0.857 bits per heavy atom. The topological polar surface area (TPSA) is 76.0 Å².